The minimum Gasteiger partial charge on any atom is -0.478 e. The molecule has 1 saturated heterocycles. The number of carbonyl (C=O) groups is 2. The Morgan fingerprint density at radius 2 is 1.87 bits per heavy atom. The lowest BCUT2D eigenvalue weighted by Gasteiger charge is -2.23. The van der Waals surface area contributed by atoms with Gasteiger partial charge in [-0.15, -0.1) is 0 Å². The molecule has 7 nitrogen and oxygen atoms in total. The van der Waals surface area contributed by atoms with E-state index in [1.165, 1.54) is 5.56 Å². The summed E-state index contributed by atoms with van der Waals surface area (Å²) in [4.78, 5) is 19.1. The average molecular weight is 323 g/mol. The van der Waals surface area contributed by atoms with Crippen molar-refractivity contribution in [2.75, 3.05) is 26.3 Å². The molecule has 1 aliphatic heterocycles. The standard InChI is InChI=1S/C12H17NO2.C4H4O4/c1-2-4-11(5-3-1)9-14-10-12-8-13-6-7-15-12;5-3(6)1-2-4(7)8/h1-5,12-13H,6-10H2;1-2H,(H,5,6)(H,7,8)/b;2-1-. The Labute approximate surface area is 134 Å². The van der Waals surface area contributed by atoms with Gasteiger partial charge >= 0.3 is 11.9 Å². The van der Waals surface area contributed by atoms with Crippen LogP contribution in [0.1, 0.15) is 5.56 Å². The number of carboxylic acids is 2. The van der Waals surface area contributed by atoms with Crippen LogP contribution in [0.5, 0.6) is 0 Å². The smallest absolute Gasteiger partial charge is 0.328 e. The third-order valence-corrected chi connectivity index (χ3v) is 2.79. The molecule has 0 bridgehead atoms. The fourth-order valence-electron chi connectivity index (χ4n) is 1.75. The average Bonchev–Trinajstić information content (AvgIpc) is 2.56. The van der Waals surface area contributed by atoms with Crippen molar-refractivity contribution in [3.63, 3.8) is 0 Å². The number of aliphatic carboxylic acids is 2. The van der Waals surface area contributed by atoms with Crippen molar-refractivity contribution < 1.29 is 29.3 Å². The predicted molar refractivity (Wildman–Crippen MR) is 83.1 cm³/mol. The zero-order valence-corrected chi connectivity index (χ0v) is 12.7. The minimum atomic E-state index is -1.26. The van der Waals surface area contributed by atoms with Crippen molar-refractivity contribution in [3.05, 3.63) is 48.0 Å². The van der Waals surface area contributed by atoms with Gasteiger partial charge in [0.15, 0.2) is 0 Å². The van der Waals surface area contributed by atoms with Gasteiger partial charge < -0.3 is 25.0 Å². The molecule has 0 saturated carbocycles. The lowest BCUT2D eigenvalue weighted by Crippen LogP contribution is -2.40. The van der Waals surface area contributed by atoms with Crippen molar-refractivity contribution in [3.8, 4) is 0 Å². The van der Waals surface area contributed by atoms with Gasteiger partial charge in [-0.3, -0.25) is 0 Å². The molecule has 23 heavy (non-hydrogen) atoms. The van der Waals surface area contributed by atoms with E-state index in [-0.39, 0.29) is 6.10 Å². The van der Waals surface area contributed by atoms with Crippen LogP contribution in [0.25, 0.3) is 0 Å². The number of rotatable bonds is 6. The molecule has 2 rings (SSSR count). The largest absolute Gasteiger partial charge is 0.478 e. The highest BCUT2D eigenvalue weighted by molar-refractivity contribution is 5.89. The Kier molecular flexibility index (Phi) is 9.30. The van der Waals surface area contributed by atoms with Gasteiger partial charge in [0.1, 0.15) is 0 Å². The molecule has 3 N–H and O–H groups in total. The highest BCUT2D eigenvalue weighted by Crippen LogP contribution is 2.03. The van der Waals surface area contributed by atoms with E-state index < -0.39 is 11.9 Å². The van der Waals surface area contributed by atoms with Crippen LogP contribution in [0, 0.1) is 0 Å². The Balaban J connectivity index is 0.000000284. The maximum Gasteiger partial charge on any atom is 0.328 e. The first-order valence-corrected chi connectivity index (χ1v) is 7.16. The van der Waals surface area contributed by atoms with E-state index in [1.54, 1.807) is 0 Å². The summed E-state index contributed by atoms with van der Waals surface area (Å²) >= 11 is 0. The third kappa shape index (κ3) is 10.2. The van der Waals surface area contributed by atoms with Crippen LogP contribution in [-0.4, -0.2) is 54.6 Å². The van der Waals surface area contributed by atoms with Crippen molar-refractivity contribution in [2.45, 2.75) is 12.7 Å². The molecular formula is C16H21NO6. The number of hydrogen-bond donors (Lipinski definition) is 3. The predicted octanol–water partition coefficient (Wildman–Crippen LogP) is 0.903. The molecule has 1 aromatic carbocycles. The van der Waals surface area contributed by atoms with Gasteiger partial charge in [0.05, 0.1) is 25.9 Å². The molecular weight excluding hydrogens is 302 g/mol. The van der Waals surface area contributed by atoms with Gasteiger partial charge in [0, 0.05) is 25.2 Å². The topological polar surface area (TPSA) is 105 Å². The van der Waals surface area contributed by atoms with Crippen LogP contribution in [-0.2, 0) is 25.7 Å². The van der Waals surface area contributed by atoms with Crippen molar-refractivity contribution in [1.29, 1.82) is 0 Å². The van der Waals surface area contributed by atoms with E-state index in [0.29, 0.717) is 25.4 Å². The van der Waals surface area contributed by atoms with E-state index in [1.807, 2.05) is 18.2 Å². The summed E-state index contributed by atoms with van der Waals surface area (Å²) in [6, 6.07) is 10.2. The molecule has 0 aromatic heterocycles. The summed E-state index contributed by atoms with van der Waals surface area (Å²) < 4.78 is 11.1. The second-order valence-corrected chi connectivity index (χ2v) is 4.71. The Morgan fingerprint density at radius 1 is 1.22 bits per heavy atom. The Morgan fingerprint density at radius 3 is 2.39 bits per heavy atom. The van der Waals surface area contributed by atoms with Crippen molar-refractivity contribution >= 4 is 11.9 Å². The lowest BCUT2D eigenvalue weighted by molar-refractivity contribution is -0.134. The molecule has 1 fully saturated rings. The van der Waals surface area contributed by atoms with Crippen molar-refractivity contribution in [2.24, 2.45) is 0 Å². The van der Waals surface area contributed by atoms with Crippen LogP contribution < -0.4 is 5.32 Å². The van der Waals surface area contributed by atoms with Crippen LogP contribution in [0.2, 0.25) is 0 Å². The fraction of sp³-hybridized carbons (Fsp3) is 0.375. The summed E-state index contributed by atoms with van der Waals surface area (Å²) in [5.41, 5.74) is 1.21. The number of hydrogen-bond acceptors (Lipinski definition) is 5. The van der Waals surface area contributed by atoms with E-state index >= 15 is 0 Å². The SMILES string of the molecule is O=C(O)/C=C\C(=O)O.c1ccc(COCC2CNCCO2)cc1. The number of nitrogens with one attached hydrogen (secondary N) is 1. The van der Waals surface area contributed by atoms with Gasteiger partial charge in [-0.2, -0.15) is 0 Å². The summed E-state index contributed by atoms with van der Waals surface area (Å²) in [6.45, 7) is 3.98. The highest BCUT2D eigenvalue weighted by Gasteiger charge is 2.12. The number of morpholine rings is 1. The molecule has 0 amide bonds. The molecule has 0 radical (unpaired) electrons. The summed E-state index contributed by atoms with van der Waals surface area (Å²) in [7, 11) is 0. The molecule has 1 aliphatic rings. The second-order valence-electron chi connectivity index (χ2n) is 4.71. The summed E-state index contributed by atoms with van der Waals surface area (Å²) in [6.07, 6.45) is 1.33. The Bertz CT molecular complexity index is 481. The molecule has 7 heteroatoms. The van der Waals surface area contributed by atoms with Crippen molar-refractivity contribution in [1.82, 2.24) is 5.32 Å². The maximum absolute atomic E-state index is 9.55. The first-order valence-electron chi connectivity index (χ1n) is 7.16. The van der Waals surface area contributed by atoms with E-state index in [0.717, 1.165) is 19.7 Å². The molecule has 126 valence electrons. The van der Waals surface area contributed by atoms with Gasteiger partial charge in [-0.25, -0.2) is 9.59 Å². The maximum atomic E-state index is 9.55. The Hall–Kier alpha value is -2.22. The molecule has 1 aromatic rings. The molecule has 1 heterocycles. The van der Waals surface area contributed by atoms with E-state index in [4.69, 9.17) is 19.7 Å². The van der Waals surface area contributed by atoms with Crippen LogP contribution >= 0.6 is 0 Å². The molecule has 1 atom stereocenters. The number of carboxylic acid groups (broad SMARTS) is 2. The zero-order chi connectivity index (χ0) is 16.9. The summed E-state index contributed by atoms with van der Waals surface area (Å²) in [5.74, 6) is -2.51. The molecule has 0 aliphatic carbocycles. The monoisotopic (exact) mass is 323 g/mol. The fourth-order valence-corrected chi connectivity index (χ4v) is 1.75. The van der Waals surface area contributed by atoms with Gasteiger partial charge in [0.2, 0.25) is 0 Å². The van der Waals surface area contributed by atoms with Crippen LogP contribution in [0.15, 0.2) is 42.5 Å². The zero-order valence-electron chi connectivity index (χ0n) is 12.7. The molecule has 1 unspecified atom stereocenters. The quantitative estimate of drug-likeness (QED) is 0.668. The molecule has 0 spiro atoms. The van der Waals surface area contributed by atoms with E-state index in [2.05, 4.69) is 17.4 Å². The van der Waals surface area contributed by atoms with Gasteiger partial charge in [-0.1, -0.05) is 30.3 Å². The van der Waals surface area contributed by atoms with Gasteiger partial charge in [-0.05, 0) is 5.56 Å². The first-order chi connectivity index (χ1) is 11.1. The number of ether oxygens (including phenoxy) is 2. The third-order valence-electron chi connectivity index (χ3n) is 2.79. The second kappa shape index (κ2) is 11.4. The normalized spacial score (nSPS) is 17.3. The summed E-state index contributed by atoms with van der Waals surface area (Å²) in [5, 5.41) is 18.9. The first kappa shape index (κ1) is 18.8. The van der Waals surface area contributed by atoms with Gasteiger partial charge in [0.25, 0.3) is 0 Å². The minimum absolute atomic E-state index is 0.211. The van der Waals surface area contributed by atoms with Crippen LogP contribution in [0.3, 0.4) is 0 Å². The highest BCUT2D eigenvalue weighted by atomic mass is 16.5. The lowest BCUT2D eigenvalue weighted by atomic mass is 10.2. The van der Waals surface area contributed by atoms with Crippen LogP contribution in [0.4, 0.5) is 0 Å². The number of benzene rings is 1. The van der Waals surface area contributed by atoms with E-state index in [9.17, 15) is 9.59 Å².